The molecule has 0 fully saturated rings. The number of rotatable bonds is 6. The van der Waals surface area contributed by atoms with Gasteiger partial charge >= 0.3 is 11.7 Å². The summed E-state index contributed by atoms with van der Waals surface area (Å²) in [4.78, 5) is 36.7. The molecular weight excluding hydrogens is 346 g/mol. The highest BCUT2D eigenvalue weighted by Gasteiger charge is 2.21. The van der Waals surface area contributed by atoms with Crippen molar-refractivity contribution < 1.29 is 18.7 Å². The SMILES string of the molecule is Cc1ccc(C)c(C(=O)[C@H](C)OC(=O)CCn2c(=O)oc3ccccc32)c1. The number of nitrogens with zero attached hydrogens (tertiary/aromatic N) is 1. The topological polar surface area (TPSA) is 78.5 Å². The van der Waals surface area contributed by atoms with Crippen LogP contribution in [0.4, 0.5) is 0 Å². The van der Waals surface area contributed by atoms with E-state index in [2.05, 4.69) is 0 Å². The molecule has 2 aromatic carbocycles. The molecule has 1 aromatic heterocycles. The Morgan fingerprint density at radius 2 is 1.89 bits per heavy atom. The number of fused-ring (bicyclic) bond motifs is 1. The normalized spacial score (nSPS) is 12.1. The fraction of sp³-hybridized carbons (Fsp3) is 0.286. The number of Topliss-reactive ketones (excluding diaryl/α,β-unsaturated/α-hetero) is 1. The van der Waals surface area contributed by atoms with E-state index < -0.39 is 17.8 Å². The Kier molecular flexibility index (Phi) is 5.26. The van der Waals surface area contributed by atoms with E-state index in [4.69, 9.17) is 9.15 Å². The minimum atomic E-state index is -0.893. The molecular formula is C21H21NO5. The maximum Gasteiger partial charge on any atom is 0.419 e. The van der Waals surface area contributed by atoms with Gasteiger partial charge in [0.25, 0.3) is 0 Å². The molecule has 140 valence electrons. The zero-order valence-electron chi connectivity index (χ0n) is 15.5. The molecule has 1 atom stereocenters. The summed E-state index contributed by atoms with van der Waals surface area (Å²) in [6.45, 7) is 5.43. The number of esters is 1. The van der Waals surface area contributed by atoms with Crippen LogP contribution in [0, 0.1) is 13.8 Å². The van der Waals surface area contributed by atoms with Crippen LogP contribution in [0.2, 0.25) is 0 Å². The van der Waals surface area contributed by atoms with Gasteiger partial charge in [-0.05, 0) is 44.5 Å². The summed E-state index contributed by atoms with van der Waals surface area (Å²) in [5.74, 6) is -1.31. The number of carbonyl (C=O) groups excluding carboxylic acids is 2. The number of para-hydroxylation sites is 2. The van der Waals surface area contributed by atoms with Gasteiger partial charge in [-0.2, -0.15) is 0 Å². The van der Waals surface area contributed by atoms with Gasteiger partial charge in [0, 0.05) is 12.1 Å². The van der Waals surface area contributed by atoms with Gasteiger partial charge in [-0.1, -0.05) is 29.8 Å². The third kappa shape index (κ3) is 4.00. The number of hydrogen-bond acceptors (Lipinski definition) is 5. The van der Waals surface area contributed by atoms with Crippen LogP contribution in [-0.4, -0.2) is 22.4 Å². The summed E-state index contributed by atoms with van der Waals surface area (Å²) < 4.78 is 11.8. The number of ketones is 1. The second-order valence-electron chi connectivity index (χ2n) is 6.55. The van der Waals surface area contributed by atoms with Gasteiger partial charge in [0.1, 0.15) is 0 Å². The number of aromatic nitrogens is 1. The van der Waals surface area contributed by atoms with Crippen LogP contribution in [0.5, 0.6) is 0 Å². The highest BCUT2D eigenvalue weighted by atomic mass is 16.5. The monoisotopic (exact) mass is 367 g/mol. The first-order valence-electron chi connectivity index (χ1n) is 8.76. The molecule has 0 saturated carbocycles. The zero-order valence-corrected chi connectivity index (χ0v) is 15.5. The van der Waals surface area contributed by atoms with Crippen LogP contribution in [0.15, 0.2) is 51.7 Å². The molecule has 3 aromatic rings. The predicted molar refractivity (Wildman–Crippen MR) is 101 cm³/mol. The number of oxazole rings is 1. The van der Waals surface area contributed by atoms with E-state index in [0.717, 1.165) is 11.1 Å². The highest BCUT2D eigenvalue weighted by molar-refractivity contribution is 6.01. The molecule has 0 aliphatic rings. The summed E-state index contributed by atoms with van der Waals surface area (Å²) in [5, 5.41) is 0. The molecule has 0 bridgehead atoms. The van der Waals surface area contributed by atoms with Crippen molar-refractivity contribution in [1.29, 1.82) is 0 Å². The molecule has 0 saturated heterocycles. The van der Waals surface area contributed by atoms with Gasteiger partial charge in [-0.25, -0.2) is 4.79 Å². The van der Waals surface area contributed by atoms with Gasteiger partial charge in [0.15, 0.2) is 11.7 Å². The third-order valence-corrected chi connectivity index (χ3v) is 4.45. The van der Waals surface area contributed by atoms with Crippen molar-refractivity contribution in [1.82, 2.24) is 4.57 Å². The van der Waals surface area contributed by atoms with E-state index in [1.54, 1.807) is 37.3 Å². The predicted octanol–water partition coefficient (Wildman–Crippen LogP) is 3.42. The van der Waals surface area contributed by atoms with E-state index in [0.29, 0.717) is 16.7 Å². The first kappa shape index (κ1) is 18.6. The quantitative estimate of drug-likeness (QED) is 0.493. The minimum Gasteiger partial charge on any atom is -0.454 e. The smallest absolute Gasteiger partial charge is 0.419 e. The van der Waals surface area contributed by atoms with Crippen molar-refractivity contribution in [3.8, 4) is 0 Å². The third-order valence-electron chi connectivity index (χ3n) is 4.45. The first-order valence-corrected chi connectivity index (χ1v) is 8.76. The average Bonchev–Trinajstić information content (AvgIpc) is 2.96. The first-order chi connectivity index (χ1) is 12.9. The maximum absolute atomic E-state index is 12.6. The van der Waals surface area contributed by atoms with Crippen LogP contribution in [-0.2, 0) is 16.1 Å². The molecule has 0 amide bonds. The Bertz CT molecular complexity index is 1060. The van der Waals surface area contributed by atoms with Gasteiger partial charge in [-0.3, -0.25) is 14.2 Å². The Morgan fingerprint density at radius 1 is 1.15 bits per heavy atom. The number of carbonyl (C=O) groups is 2. The summed E-state index contributed by atoms with van der Waals surface area (Å²) in [6, 6.07) is 12.6. The number of benzene rings is 2. The van der Waals surface area contributed by atoms with Gasteiger partial charge in [0.2, 0.25) is 5.78 Å². The molecule has 0 spiro atoms. The Labute approximate surface area is 156 Å². The fourth-order valence-corrected chi connectivity index (χ4v) is 2.96. The Morgan fingerprint density at radius 3 is 2.67 bits per heavy atom. The van der Waals surface area contributed by atoms with Crippen LogP contribution in [0.1, 0.15) is 34.8 Å². The summed E-state index contributed by atoms with van der Waals surface area (Å²) in [6.07, 6.45) is -0.927. The van der Waals surface area contributed by atoms with Gasteiger partial charge < -0.3 is 9.15 Å². The average molecular weight is 367 g/mol. The standard InChI is InChI=1S/C21H21NO5/c1-13-8-9-14(2)16(12-13)20(24)15(3)26-19(23)10-11-22-17-6-4-5-7-18(17)27-21(22)25/h4-9,12,15H,10-11H2,1-3H3/t15-/m0/s1. The van der Waals surface area contributed by atoms with E-state index >= 15 is 0 Å². The van der Waals surface area contributed by atoms with E-state index in [-0.39, 0.29) is 18.7 Å². The molecule has 0 aliphatic heterocycles. The lowest BCUT2D eigenvalue weighted by molar-refractivity contribution is -0.146. The Hall–Kier alpha value is -3.15. The summed E-state index contributed by atoms with van der Waals surface area (Å²) in [7, 11) is 0. The number of ether oxygens (including phenoxy) is 1. The summed E-state index contributed by atoms with van der Waals surface area (Å²) >= 11 is 0. The van der Waals surface area contributed by atoms with Crippen molar-refractivity contribution in [2.24, 2.45) is 0 Å². The lowest BCUT2D eigenvalue weighted by Crippen LogP contribution is -2.26. The van der Waals surface area contributed by atoms with Crippen molar-refractivity contribution >= 4 is 22.9 Å². The molecule has 0 radical (unpaired) electrons. The van der Waals surface area contributed by atoms with Crippen LogP contribution >= 0.6 is 0 Å². The number of aryl methyl sites for hydroxylation is 3. The number of hydrogen-bond donors (Lipinski definition) is 0. The van der Waals surface area contributed by atoms with Crippen molar-refractivity contribution in [2.75, 3.05) is 0 Å². The van der Waals surface area contributed by atoms with Crippen LogP contribution < -0.4 is 5.76 Å². The van der Waals surface area contributed by atoms with Crippen molar-refractivity contribution in [2.45, 2.75) is 39.8 Å². The van der Waals surface area contributed by atoms with Gasteiger partial charge in [0.05, 0.1) is 11.9 Å². The molecule has 0 unspecified atom stereocenters. The molecule has 0 aliphatic carbocycles. The van der Waals surface area contributed by atoms with E-state index in [9.17, 15) is 14.4 Å². The second kappa shape index (κ2) is 7.61. The lowest BCUT2D eigenvalue weighted by Gasteiger charge is -2.14. The van der Waals surface area contributed by atoms with E-state index in [1.165, 1.54) is 4.57 Å². The largest absolute Gasteiger partial charge is 0.454 e. The van der Waals surface area contributed by atoms with Crippen molar-refractivity contribution in [3.05, 3.63) is 69.7 Å². The Balaban J connectivity index is 1.65. The fourth-order valence-electron chi connectivity index (χ4n) is 2.96. The van der Waals surface area contributed by atoms with Crippen LogP contribution in [0.25, 0.3) is 11.1 Å². The second-order valence-corrected chi connectivity index (χ2v) is 6.55. The molecule has 1 heterocycles. The summed E-state index contributed by atoms with van der Waals surface area (Å²) in [5.41, 5.74) is 3.44. The lowest BCUT2D eigenvalue weighted by atomic mass is 9.99. The highest BCUT2D eigenvalue weighted by Crippen LogP contribution is 2.15. The molecule has 3 rings (SSSR count). The van der Waals surface area contributed by atoms with Crippen LogP contribution in [0.3, 0.4) is 0 Å². The minimum absolute atomic E-state index is 0.0339. The molecule has 0 N–H and O–H groups in total. The molecule has 27 heavy (non-hydrogen) atoms. The van der Waals surface area contributed by atoms with Gasteiger partial charge in [-0.15, -0.1) is 0 Å². The van der Waals surface area contributed by atoms with Crippen molar-refractivity contribution in [3.63, 3.8) is 0 Å². The molecule has 6 heteroatoms. The maximum atomic E-state index is 12.6. The van der Waals surface area contributed by atoms with E-state index in [1.807, 2.05) is 26.0 Å². The molecule has 6 nitrogen and oxygen atoms in total. The zero-order chi connectivity index (χ0) is 19.6.